The third-order valence-corrected chi connectivity index (χ3v) is 4.43. The van der Waals surface area contributed by atoms with Crippen LogP contribution in [0.1, 0.15) is 47.5 Å². The summed E-state index contributed by atoms with van der Waals surface area (Å²) in [5.41, 5.74) is 0.706. The fraction of sp³-hybridized carbons (Fsp3) is 0.733. The van der Waals surface area contributed by atoms with Gasteiger partial charge in [-0.25, -0.2) is 0 Å². The molecule has 0 unspecified atom stereocenters. The maximum Gasteiger partial charge on any atom is 0.276 e. The molecule has 6 nitrogen and oxygen atoms in total. The van der Waals surface area contributed by atoms with Gasteiger partial charge >= 0.3 is 0 Å². The quantitative estimate of drug-likeness (QED) is 0.859. The Bertz CT molecular complexity index is 481. The number of hydrogen-bond acceptors (Lipinski definition) is 5. The van der Waals surface area contributed by atoms with Gasteiger partial charge in [0.2, 0.25) is 0 Å². The van der Waals surface area contributed by atoms with Crippen molar-refractivity contribution >= 4 is 5.91 Å². The van der Waals surface area contributed by atoms with Gasteiger partial charge in [0.25, 0.3) is 5.91 Å². The third kappa shape index (κ3) is 3.63. The second-order valence-corrected chi connectivity index (χ2v) is 5.87. The smallest absolute Gasteiger partial charge is 0.276 e. The van der Waals surface area contributed by atoms with Crippen molar-refractivity contribution in [3.63, 3.8) is 0 Å². The predicted octanol–water partition coefficient (Wildman–Crippen LogP) is 1.42. The first kappa shape index (κ1) is 16.0. The average Bonchev–Trinajstić information content (AvgIpc) is 3.12. The lowest BCUT2D eigenvalue weighted by molar-refractivity contribution is 0.0761. The monoisotopic (exact) mass is 295 g/mol. The Morgan fingerprint density at radius 1 is 1.33 bits per heavy atom. The van der Waals surface area contributed by atoms with E-state index >= 15 is 0 Å². The standard InChI is InChI=1S/C15H25N3O3/c1-11-13(10-19)14(16-21-11)15(20)18(3)9-8-17(2)12-6-4-5-7-12/h12,19H,4-10H2,1-3H3. The molecule has 1 saturated carbocycles. The SMILES string of the molecule is Cc1onc(C(=O)N(C)CCN(C)C2CCCC2)c1CO. The average molecular weight is 295 g/mol. The summed E-state index contributed by atoms with van der Waals surface area (Å²) in [7, 11) is 3.88. The number of carbonyl (C=O) groups is 1. The summed E-state index contributed by atoms with van der Waals surface area (Å²) in [5.74, 6) is 0.299. The fourth-order valence-electron chi connectivity index (χ4n) is 2.86. The molecule has 6 heteroatoms. The molecule has 1 heterocycles. The van der Waals surface area contributed by atoms with Crippen LogP contribution in [0.25, 0.3) is 0 Å². The Morgan fingerprint density at radius 3 is 2.62 bits per heavy atom. The highest BCUT2D eigenvalue weighted by Gasteiger charge is 2.24. The summed E-state index contributed by atoms with van der Waals surface area (Å²) in [6, 6.07) is 0.649. The summed E-state index contributed by atoms with van der Waals surface area (Å²) < 4.78 is 5.00. The number of rotatable bonds is 6. The van der Waals surface area contributed by atoms with E-state index < -0.39 is 0 Å². The lowest BCUT2D eigenvalue weighted by Crippen LogP contribution is -2.38. The Balaban J connectivity index is 1.90. The molecule has 1 aromatic rings. The predicted molar refractivity (Wildman–Crippen MR) is 79.0 cm³/mol. The van der Waals surface area contributed by atoms with Crippen LogP contribution in [-0.2, 0) is 6.61 Å². The summed E-state index contributed by atoms with van der Waals surface area (Å²) in [6.45, 7) is 2.95. The van der Waals surface area contributed by atoms with Gasteiger partial charge in [0.05, 0.1) is 12.2 Å². The first-order valence-electron chi connectivity index (χ1n) is 7.56. The van der Waals surface area contributed by atoms with Crippen molar-refractivity contribution < 1.29 is 14.4 Å². The van der Waals surface area contributed by atoms with Crippen molar-refractivity contribution in [1.29, 1.82) is 0 Å². The van der Waals surface area contributed by atoms with Crippen molar-refractivity contribution in [1.82, 2.24) is 15.0 Å². The molecular weight excluding hydrogens is 270 g/mol. The van der Waals surface area contributed by atoms with Crippen LogP contribution >= 0.6 is 0 Å². The lowest BCUT2D eigenvalue weighted by Gasteiger charge is -2.26. The Labute approximate surface area is 125 Å². The molecule has 0 bridgehead atoms. The van der Waals surface area contributed by atoms with Crippen LogP contribution in [0.4, 0.5) is 0 Å². The van der Waals surface area contributed by atoms with Gasteiger partial charge in [-0.3, -0.25) is 4.79 Å². The maximum atomic E-state index is 12.3. The molecule has 1 N–H and O–H groups in total. The van der Waals surface area contributed by atoms with Crippen LogP contribution in [0.2, 0.25) is 0 Å². The van der Waals surface area contributed by atoms with E-state index in [-0.39, 0.29) is 18.2 Å². The van der Waals surface area contributed by atoms with Gasteiger partial charge in [-0.15, -0.1) is 0 Å². The molecule has 0 aromatic carbocycles. The summed E-state index contributed by atoms with van der Waals surface area (Å²) >= 11 is 0. The molecular formula is C15H25N3O3. The number of aliphatic hydroxyl groups excluding tert-OH is 1. The van der Waals surface area contributed by atoms with Gasteiger partial charge in [-0.05, 0) is 26.8 Å². The zero-order valence-electron chi connectivity index (χ0n) is 13.1. The van der Waals surface area contributed by atoms with Gasteiger partial charge in [0, 0.05) is 26.2 Å². The number of nitrogens with zero attached hydrogens (tertiary/aromatic N) is 3. The van der Waals surface area contributed by atoms with E-state index in [4.69, 9.17) is 4.52 Å². The van der Waals surface area contributed by atoms with E-state index in [9.17, 15) is 9.90 Å². The second kappa shape index (κ2) is 7.04. The van der Waals surface area contributed by atoms with Crippen molar-refractivity contribution in [2.75, 3.05) is 27.2 Å². The maximum absolute atomic E-state index is 12.3. The molecule has 0 spiro atoms. The van der Waals surface area contributed by atoms with E-state index in [1.54, 1.807) is 18.9 Å². The normalized spacial score (nSPS) is 15.9. The molecule has 2 rings (SSSR count). The van der Waals surface area contributed by atoms with Crippen LogP contribution in [0.3, 0.4) is 0 Å². The Hall–Kier alpha value is -1.40. The molecule has 21 heavy (non-hydrogen) atoms. The van der Waals surface area contributed by atoms with Gasteiger partial charge in [0.1, 0.15) is 5.76 Å². The van der Waals surface area contributed by atoms with Crippen molar-refractivity contribution in [3.05, 3.63) is 17.0 Å². The van der Waals surface area contributed by atoms with Crippen LogP contribution in [-0.4, -0.2) is 59.2 Å². The summed E-state index contributed by atoms with van der Waals surface area (Å²) in [6.07, 6.45) is 5.13. The number of carbonyl (C=O) groups excluding carboxylic acids is 1. The number of aromatic nitrogens is 1. The van der Waals surface area contributed by atoms with Crippen molar-refractivity contribution in [2.45, 2.75) is 45.3 Å². The molecule has 0 radical (unpaired) electrons. The summed E-state index contributed by atoms with van der Waals surface area (Å²) in [4.78, 5) is 16.3. The Kier molecular flexibility index (Phi) is 5.36. The van der Waals surface area contributed by atoms with Crippen molar-refractivity contribution in [2.24, 2.45) is 0 Å². The number of likely N-dealkylation sites (N-methyl/N-ethyl adjacent to an activating group) is 2. The molecule has 1 aliphatic rings. The second-order valence-electron chi connectivity index (χ2n) is 5.87. The third-order valence-electron chi connectivity index (χ3n) is 4.43. The van der Waals surface area contributed by atoms with Crippen LogP contribution in [0.5, 0.6) is 0 Å². The largest absolute Gasteiger partial charge is 0.391 e. The Morgan fingerprint density at radius 2 is 2.00 bits per heavy atom. The summed E-state index contributed by atoms with van der Waals surface area (Å²) in [5, 5.41) is 13.1. The van der Waals surface area contributed by atoms with Crippen molar-refractivity contribution in [3.8, 4) is 0 Å². The minimum absolute atomic E-state index is 0.198. The molecule has 118 valence electrons. The zero-order valence-corrected chi connectivity index (χ0v) is 13.1. The van der Waals surface area contributed by atoms with Crippen LogP contribution in [0, 0.1) is 6.92 Å². The molecule has 0 aliphatic heterocycles. The van der Waals surface area contributed by atoms with Gasteiger partial charge in [-0.2, -0.15) is 0 Å². The van der Waals surface area contributed by atoms with Crippen LogP contribution < -0.4 is 0 Å². The fourth-order valence-corrected chi connectivity index (χ4v) is 2.86. The van der Waals surface area contributed by atoms with E-state index in [2.05, 4.69) is 17.1 Å². The zero-order chi connectivity index (χ0) is 15.4. The highest BCUT2D eigenvalue weighted by Crippen LogP contribution is 2.22. The molecule has 0 atom stereocenters. The van der Waals surface area contributed by atoms with E-state index in [1.165, 1.54) is 25.7 Å². The van der Waals surface area contributed by atoms with Gasteiger partial charge in [-0.1, -0.05) is 18.0 Å². The molecule has 1 fully saturated rings. The number of aryl methyl sites for hydroxylation is 1. The van der Waals surface area contributed by atoms with Gasteiger partial charge < -0.3 is 19.4 Å². The van der Waals surface area contributed by atoms with E-state index in [1.807, 2.05) is 0 Å². The van der Waals surface area contributed by atoms with E-state index in [0.29, 0.717) is 23.9 Å². The molecule has 1 amide bonds. The molecule has 1 aliphatic carbocycles. The van der Waals surface area contributed by atoms with Gasteiger partial charge in [0.15, 0.2) is 5.69 Å². The number of amides is 1. The highest BCUT2D eigenvalue weighted by molar-refractivity contribution is 5.93. The topological polar surface area (TPSA) is 69.8 Å². The molecule has 0 saturated heterocycles. The first-order valence-corrected chi connectivity index (χ1v) is 7.56. The lowest BCUT2D eigenvalue weighted by atomic mass is 10.2. The number of hydrogen-bond donors (Lipinski definition) is 1. The van der Waals surface area contributed by atoms with Crippen LogP contribution in [0.15, 0.2) is 4.52 Å². The highest BCUT2D eigenvalue weighted by atomic mass is 16.5. The number of aliphatic hydroxyl groups is 1. The first-order chi connectivity index (χ1) is 10.0. The minimum Gasteiger partial charge on any atom is -0.391 e. The van der Waals surface area contributed by atoms with E-state index in [0.717, 1.165) is 6.54 Å². The minimum atomic E-state index is -0.230. The molecule has 1 aromatic heterocycles.